The van der Waals surface area contributed by atoms with Crippen LogP contribution in [0.2, 0.25) is 5.02 Å². The topological polar surface area (TPSA) is 69.0 Å². The van der Waals surface area contributed by atoms with Crippen molar-refractivity contribution in [3.05, 3.63) is 46.7 Å². The first-order chi connectivity index (χ1) is 11.1. The molecule has 0 fully saturated rings. The number of aryl methyl sites for hydroxylation is 1. The monoisotopic (exact) mass is 330 g/mol. The molecule has 0 atom stereocenters. The lowest BCUT2D eigenvalue weighted by atomic mass is 10.2. The lowest BCUT2D eigenvalue weighted by molar-refractivity contribution is 0.0963. The van der Waals surface area contributed by atoms with E-state index in [4.69, 9.17) is 16.3 Å². The van der Waals surface area contributed by atoms with Gasteiger partial charge in [-0.1, -0.05) is 17.7 Å². The summed E-state index contributed by atoms with van der Waals surface area (Å²) in [5.74, 6) is 0.440. The van der Waals surface area contributed by atoms with Crippen molar-refractivity contribution in [2.75, 3.05) is 14.2 Å². The number of benzene rings is 1. The Hall–Kier alpha value is -2.60. The number of nitrogens with zero attached hydrogens (tertiary/aromatic N) is 3. The number of nitrogens with one attached hydrogen (secondary N) is 1. The second kappa shape index (κ2) is 5.89. The molecule has 2 aromatic heterocycles. The lowest BCUT2D eigenvalue weighted by Crippen LogP contribution is -2.18. The molecule has 0 saturated carbocycles. The van der Waals surface area contributed by atoms with E-state index in [1.165, 1.54) is 6.20 Å². The minimum absolute atomic E-state index is 0.280. The highest BCUT2D eigenvalue weighted by molar-refractivity contribution is 6.38. The van der Waals surface area contributed by atoms with E-state index < -0.39 is 0 Å². The number of fused-ring (bicyclic) bond motifs is 1. The van der Waals surface area contributed by atoms with Gasteiger partial charge in [-0.05, 0) is 19.1 Å². The number of carbonyl (C=O) groups excluding carboxylic acids is 1. The number of halogens is 1. The van der Waals surface area contributed by atoms with Gasteiger partial charge in [-0.15, -0.1) is 0 Å². The molecule has 3 rings (SSSR count). The molecule has 2 heterocycles. The van der Waals surface area contributed by atoms with Gasteiger partial charge in [-0.3, -0.25) is 4.79 Å². The second-order valence-electron chi connectivity index (χ2n) is 4.96. The minimum atomic E-state index is -0.280. The molecule has 23 heavy (non-hydrogen) atoms. The summed E-state index contributed by atoms with van der Waals surface area (Å²) in [5, 5.41) is 8.07. The molecule has 0 aliphatic heterocycles. The number of amides is 1. The maximum Gasteiger partial charge on any atom is 0.254 e. The minimum Gasteiger partial charge on any atom is -0.497 e. The molecule has 118 valence electrons. The number of rotatable bonds is 3. The Labute approximate surface area is 138 Å². The Kier molecular flexibility index (Phi) is 3.92. The zero-order valence-electron chi connectivity index (χ0n) is 12.9. The normalized spacial score (nSPS) is 10.8. The maximum atomic E-state index is 11.9. The highest BCUT2D eigenvalue weighted by Gasteiger charge is 2.19. The van der Waals surface area contributed by atoms with Crippen molar-refractivity contribution < 1.29 is 9.53 Å². The Morgan fingerprint density at radius 1 is 1.39 bits per heavy atom. The maximum absolute atomic E-state index is 11.9. The van der Waals surface area contributed by atoms with Gasteiger partial charge in [0.15, 0.2) is 5.65 Å². The van der Waals surface area contributed by atoms with E-state index in [0.29, 0.717) is 27.3 Å². The van der Waals surface area contributed by atoms with Crippen molar-refractivity contribution >= 4 is 28.5 Å². The Bertz CT molecular complexity index is 904. The molecular weight excluding hydrogens is 316 g/mol. The fourth-order valence-corrected chi connectivity index (χ4v) is 2.78. The van der Waals surface area contributed by atoms with E-state index in [9.17, 15) is 4.79 Å². The average Bonchev–Trinajstić information content (AvgIpc) is 2.92. The van der Waals surface area contributed by atoms with Gasteiger partial charge >= 0.3 is 0 Å². The summed E-state index contributed by atoms with van der Waals surface area (Å²) in [6.07, 6.45) is 1.46. The SMILES string of the molecule is CNC(=O)c1cnc2c(c(C)nn2-c2cccc(OC)c2)c1Cl. The summed E-state index contributed by atoms with van der Waals surface area (Å²) in [4.78, 5) is 16.2. The van der Waals surface area contributed by atoms with Gasteiger partial charge in [0.25, 0.3) is 5.91 Å². The quantitative estimate of drug-likeness (QED) is 0.801. The van der Waals surface area contributed by atoms with Crippen LogP contribution in [0, 0.1) is 6.92 Å². The molecule has 0 bridgehead atoms. The van der Waals surface area contributed by atoms with Gasteiger partial charge in [0, 0.05) is 19.3 Å². The molecule has 1 amide bonds. The van der Waals surface area contributed by atoms with Crippen LogP contribution in [0.4, 0.5) is 0 Å². The highest BCUT2D eigenvalue weighted by atomic mass is 35.5. The summed E-state index contributed by atoms with van der Waals surface area (Å²) in [6, 6.07) is 7.48. The van der Waals surface area contributed by atoms with Crippen LogP contribution in [0.25, 0.3) is 16.7 Å². The predicted molar refractivity (Wildman–Crippen MR) is 88.6 cm³/mol. The fourth-order valence-electron chi connectivity index (χ4n) is 2.42. The fraction of sp³-hybridized carbons (Fsp3) is 0.188. The molecule has 3 aromatic rings. The number of ether oxygens (including phenoxy) is 1. The van der Waals surface area contributed by atoms with Crippen LogP contribution in [0.5, 0.6) is 5.75 Å². The first-order valence-electron chi connectivity index (χ1n) is 6.97. The van der Waals surface area contributed by atoms with Crippen LogP contribution in [-0.2, 0) is 0 Å². The van der Waals surface area contributed by atoms with Crippen molar-refractivity contribution in [3.63, 3.8) is 0 Å². The van der Waals surface area contributed by atoms with Crippen LogP contribution in [0.1, 0.15) is 16.1 Å². The van der Waals surface area contributed by atoms with Crippen LogP contribution in [-0.4, -0.2) is 34.8 Å². The van der Waals surface area contributed by atoms with Gasteiger partial charge in [0.2, 0.25) is 0 Å². The Morgan fingerprint density at radius 2 is 2.17 bits per heavy atom. The van der Waals surface area contributed by atoms with Crippen LogP contribution in [0.15, 0.2) is 30.5 Å². The summed E-state index contributed by atoms with van der Waals surface area (Å²) in [7, 11) is 3.16. The smallest absolute Gasteiger partial charge is 0.254 e. The number of hydrogen-bond donors (Lipinski definition) is 1. The van der Waals surface area contributed by atoms with E-state index >= 15 is 0 Å². The van der Waals surface area contributed by atoms with E-state index in [2.05, 4.69) is 15.4 Å². The summed E-state index contributed by atoms with van der Waals surface area (Å²) in [6.45, 7) is 1.83. The third-order valence-electron chi connectivity index (χ3n) is 3.58. The summed E-state index contributed by atoms with van der Waals surface area (Å²) >= 11 is 6.40. The number of aromatic nitrogens is 3. The second-order valence-corrected chi connectivity index (χ2v) is 5.34. The summed E-state index contributed by atoms with van der Waals surface area (Å²) in [5.41, 5.74) is 2.42. The highest BCUT2D eigenvalue weighted by Crippen LogP contribution is 2.30. The van der Waals surface area contributed by atoms with Gasteiger partial charge < -0.3 is 10.1 Å². The molecule has 0 radical (unpaired) electrons. The molecule has 0 spiro atoms. The van der Waals surface area contributed by atoms with Crippen molar-refractivity contribution in [2.45, 2.75) is 6.92 Å². The van der Waals surface area contributed by atoms with Gasteiger partial charge in [0.1, 0.15) is 5.75 Å². The molecule has 0 unspecified atom stereocenters. The average molecular weight is 331 g/mol. The van der Waals surface area contributed by atoms with E-state index in [1.807, 2.05) is 31.2 Å². The molecule has 6 nitrogen and oxygen atoms in total. The molecular formula is C16H15ClN4O2. The van der Waals surface area contributed by atoms with E-state index in [-0.39, 0.29) is 5.91 Å². The molecule has 0 aliphatic carbocycles. The van der Waals surface area contributed by atoms with Crippen molar-refractivity contribution in [3.8, 4) is 11.4 Å². The van der Waals surface area contributed by atoms with Gasteiger partial charge in [-0.2, -0.15) is 5.10 Å². The first-order valence-corrected chi connectivity index (χ1v) is 7.35. The predicted octanol–water partition coefficient (Wildman–Crippen LogP) is 2.75. The number of pyridine rings is 1. The van der Waals surface area contributed by atoms with Crippen molar-refractivity contribution in [1.82, 2.24) is 20.1 Å². The molecule has 1 aromatic carbocycles. The van der Waals surface area contributed by atoms with E-state index in [0.717, 1.165) is 11.4 Å². The van der Waals surface area contributed by atoms with Crippen LogP contribution in [0.3, 0.4) is 0 Å². The third-order valence-corrected chi connectivity index (χ3v) is 3.97. The molecule has 1 N–H and O–H groups in total. The first kappa shape index (κ1) is 15.3. The number of hydrogen-bond acceptors (Lipinski definition) is 4. The molecule has 7 heteroatoms. The van der Waals surface area contributed by atoms with E-state index in [1.54, 1.807) is 18.8 Å². The zero-order chi connectivity index (χ0) is 16.6. The summed E-state index contributed by atoms with van der Waals surface area (Å²) < 4.78 is 6.93. The molecule has 0 aliphatic rings. The van der Waals surface area contributed by atoms with Crippen molar-refractivity contribution in [2.24, 2.45) is 0 Å². The number of methoxy groups -OCH3 is 1. The Balaban J connectivity index is 2.24. The largest absolute Gasteiger partial charge is 0.497 e. The van der Waals surface area contributed by atoms with Crippen molar-refractivity contribution in [1.29, 1.82) is 0 Å². The zero-order valence-corrected chi connectivity index (χ0v) is 13.7. The Morgan fingerprint density at radius 3 is 2.87 bits per heavy atom. The van der Waals surface area contributed by atoms with Crippen LogP contribution < -0.4 is 10.1 Å². The number of carbonyl (C=O) groups is 1. The van der Waals surface area contributed by atoms with Gasteiger partial charge in [0.05, 0.1) is 34.5 Å². The van der Waals surface area contributed by atoms with Gasteiger partial charge in [-0.25, -0.2) is 9.67 Å². The van der Waals surface area contributed by atoms with Crippen LogP contribution >= 0.6 is 11.6 Å². The lowest BCUT2D eigenvalue weighted by Gasteiger charge is -2.07. The standard InChI is InChI=1S/C16H15ClN4O2/c1-9-13-14(17)12(16(22)18-2)8-19-15(13)21(20-9)10-5-4-6-11(7-10)23-3/h4-8H,1-3H3,(H,18,22). The molecule has 0 saturated heterocycles. The third kappa shape index (κ3) is 2.51.